The molecule has 0 aromatic heterocycles. The minimum atomic E-state index is -0.425. The van der Waals surface area contributed by atoms with E-state index in [0.29, 0.717) is 5.75 Å². The van der Waals surface area contributed by atoms with Gasteiger partial charge in [-0.05, 0) is 51.7 Å². The molecule has 3 rings (SSSR count). The Labute approximate surface area is 193 Å². The smallest absolute Gasteiger partial charge is 0.264 e. The maximum Gasteiger partial charge on any atom is 0.264 e. The lowest BCUT2D eigenvalue weighted by Gasteiger charge is -2.19. The van der Waals surface area contributed by atoms with Gasteiger partial charge in [0.25, 0.3) is 5.91 Å². The molecule has 0 aliphatic rings. The molecule has 0 radical (unpaired) electrons. The molecule has 0 atom stereocenters. The highest BCUT2D eigenvalue weighted by Gasteiger charge is 2.13. The molecule has 166 valence electrons. The van der Waals surface area contributed by atoms with Crippen LogP contribution in [0.5, 0.6) is 5.75 Å². The zero-order chi connectivity index (χ0) is 23.1. The van der Waals surface area contributed by atoms with Crippen LogP contribution in [0.3, 0.4) is 0 Å². The fraction of sp³-hybridized carbons (Fsp3) is 0.240. The van der Waals surface area contributed by atoms with Gasteiger partial charge >= 0.3 is 0 Å². The third-order valence-electron chi connectivity index (χ3n) is 4.89. The van der Waals surface area contributed by atoms with Gasteiger partial charge in [-0.3, -0.25) is 25.8 Å². The molecule has 0 saturated heterocycles. The molecule has 0 aliphatic carbocycles. The molecule has 3 aromatic carbocycles. The Morgan fingerprint density at radius 2 is 1.56 bits per heavy atom. The number of hydrogen-bond acceptors (Lipinski definition) is 4. The van der Waals surface area contributed by atoms with Crippen molar-refractivity contribution < 1.29 is 14.3 Å². The molecule has 7 heteroatoms. The molecule has 0 fully saturated rings. The predicted molar refractivity (Wildman–Crippen MR) is 130 cm³/mol. The van der Waals surface area contributed by atoms with Crippen molar-refractivity contribution in [3.63, 3.8) is 0 Å². The van der Waals surface area contributed by atoms with Gasteiger partial charge in [-0.2, -0.15) is 0 Å². The SMILES string of the molecule is CC(C)(C)c1ccc(OCC(=O)NC(=S)NNC(=O)Cc2cccc3ccccc23)cc1. The third-order valence-corrected chi connectivity index (χ3v) is 5.09. The summed E-state index contributed by atoms with van der Waals surface area (Å²) in [5.74, 6) is -0.103. The average Bonchev–Trinajstić information content (AvgIpc) is 2.76. The molecule has 6 nitrogen and oxygen atoms in total. The summed E-state index contributed by atoms with van der Waals surface area (Å²) in [7, 11) is 0. The largest absolute Gasteiger partial charge is 0.484 e. The Balaban J connectivity index is 1.42. The fourth-order valence-electron chi connectivity index (χ4n) is 3.18. The van der Waals surface area contributed by atoms with Crippen molar-refractivity contribution >= 4 is 39.9 Å². The van der Waals surface area contributed by atoms with Gasteiger partial charge in [0.15, 0.2) is 11.7 Å². The first-order valence-corrected chi connectivity index (χ1v) is 10.7. The van der Waals surface area contributed by atoms with E-state index in [1.807, 2.05) is 66.7 Å². The summed E-state index contributed by atoms with van der Waals surface area (Å²) < 4.78 is 5.50. The van der Waals surface area contributed by atoms with Crippen LogP contribution in [0.4, 0.5) is 0 Å². The van der Waals surface area contributed by atoms with Crippen molar-refractivity contribution in [2.75, 3.05) is 6.61 Å². The van der Waals surface area contributed by atoms with Crippen molar-refractivity contribution in [2.45, 2.75) is 32.6 Å². The summed E-state index contributed by atoms with van der Waals surface area (Å²) in [6, 6.07) is 21.3. The first kappa shape index (κ1) is 23.2. The van der Waals surface area contributed by atoms with Crippen molar-refractivity contribution in [3.05, 3.63) is 77.9 Å². The average molecular weight is 450 g/mol. The number of benzene rings is 3. The Kier molecular flexibility index (Phi) is 7.43. The number of thiocarbonyl (C=S) groups is 1. The summed E-state index contributed by atoms with van der Waals surface area (Å²) in [6.07, 6.45) is 0.179. The second-order valence-corrected chi connectivity index (χ2v) is 8.84. The van der Waals surface area contributed by atoms with Crippen molar-refractivity contribution in [3.8, 4) is 5.75 Å². The molecule has 0 saturated carbocycles. The number of nitrogens with one attached hydrogen (secondary N) is 3. The van der Waals surface area contributed by atoms with E-state index in [1.165, 1.54) is 5.56 Å². The van der Waals surface area contributed by atoms with Crippen molar-refractivity contribution in [1.29, 1.82) is 0 Å². The quantitative estimate of drug-likeness (QED) is 0.408. The van der Waals surface area contributed by atoms with Gasteiger partial charge < -0.3 is 4.74 Å². The molecule has 3 aromatic rings. The van der Waals surface area contributed by atoms with E-state index >= 15 is 0 Å². The van der Waals surface area contributed by atoms with Crippen LogP contribution < -0.4 is 20.9 Å². The fourth-order valence-corrected chi connectivity index (χ4v) is 3.35. The first-order chi connectivity index (χ1) is 15.2. The number of fused-ring (bicyclic) bond motifs is 1. The molecule has 0 heterocycles. The minimum absolute atomic E-state index is 0.00653. The number of hydrazine groups is 1. The summed E-state index contributed by atoms with van der Waals surface area (Å²) in [4.78, 5) is 24.3. The maximum atomic E-state index is 12.3. The minimum Gasteiger partial charge on any atom is -0.484 e. The molecular formula is C25H27N3O3S. The van der Waals surface area contributed by atoms with E-state index in [-0.39, 0.29) is 29.5 Å². The second kappa shape index (κ2) is 10.2. The Hall–Kier alpha value is -3.45. The lowest BCUT2D eigenvalue weighted by molar-refractivity contribution is -0.122. The van der Waals surface area contributed by atoms with Gasteiger partial charge in [0.2, 0.25) is 5.91 Å². The second-order valence-electron chi connectivity index (χ2n) is 8.43. The highest BCUT2D eigenvalue weighted by molar-refractivity contribution is 7.80. The van der Waals surface area contributed by atoms with Crippen LogP contribution in [0.1, 0.15) is 31.9 Å². The number of amides is 2. The van der Waals surface area contributed by atoms with Crippen LogP contribution in [0.15, 0.2) is 66.7 Å². The lowest BCUT2D eigenvalue weighted by atomic mass is 9.87. The molecule has 32 heavy (non-hydrogen) atoms. The molecule has 0 aliphatic heterocycles. The Morgan fingerprint density at radius 3 is 2.28 bits per heavy atom. The van der Waals surface area contributed by atoms with Crippen LogP contribution in [0, 0.1) is 0 Å². The first-order valence-electron chi connectivity index (χ1n) is 10.3. The normalized spacial score (nSPS) is 11.0. The summed E-state index contributed by atoms with van der Waals surface area (Å²) in [5.41, 5.74) is 7.19. The van der Waals surface area contributed by atoms with Crippen LogP contribution in [0.25, 0.3) is 10.8 Å². The van der Waals surface area contributed by atoms with Crippen molar-refractivity contribution in [1.82, 2.24) is 16.2 Å². The monoisotopic (exact) mass is 449 g/mol. The number of carbonyl (C=O) groups excluding carboxylic acids is 2. The van der Waals surface area contributed by atoms with E-state index in [2.05, 4.69) is 36.9 Å². The molecule has 3 N–H and O–H groups in total. The van der Waals surface area contributed by atoms with Crippen LogP contribution in [-0.2, 0) is 21.4 Å². The van der Waals surface area contributed by atoms with Gasteiger partial charge in [-0.1, -0.05) is 75.4 Å². The van der Waals surface area contributed by atoms with Gasteiger partial charge in [0.05, 0.1) is 6.42 Å². The third kappa shape index (κ3) is 6.52. The van der Waals surface area contributed by atoms with E-state index < -0.39 is 5.91 Å². The van der Waals surface area contributed by atoms with Gasteiger partial charge in [-0.15, -0.1) is 0 Å². The molecule has 2 amide bonds. The zero-order valence-corrected chi connectivity index (χ0v) is 19.2. The lowest BCUT2D eigenvalue weighted by Crippen LogP contribution is -2.49. The summed E-state index contributed by atoms with van der Waals surface area (Å²) >= 11 is 5.07. The van der Waals surface area contributed by atoms with Crippen LogP contribution in [-0.4, -0.2) is 23.5 Å². The van der Waals surface area contributed by atoms with Crippen LogP contribution >= 0.6 is 12.2 Å². The highest BCUT2D eigenvalue weighted by Crippen LogP contribution is 2.24. The highest BCUT2D eigenvalue weighted by atomic mass is 32.1. The van der Waals surface area contributed by atoms with E-state index in [1.54, 1.807) is 0 Å². The van der Waals surface area contributed by atoms with Gasteiger partial charge in [0, 0.05) is 0 Å². The number of hydrogen-bond donors (Lipinski definition) is 3. The number of rotatable bonds is 5. The molecule has 0 unspecified atom stereocenters. The van der Waals surface area contributed by atoms with Crippen molar-refractivity contribution in [2.24, 2.45) is 0 Å². The van der Waals surface area contributed by atoms with Gasteiger partial charge in [-0.25, -0.2) is 0 Å². The van der Waals surface area contributed by atoms with E-state index in [4.69, 9.17) is 17.0 Å². The number of ether oxygens (including phenoxy) is 1. The Bertz CT molecular complexity index is 1120. The molecule has 0 bridgehead atoms. The molecule has 0 spiro atoms. The van der Waals surface area contributed by atoms with E-state index in [9.17, 15) is 9.59 Å². The van der Waals surface area contributed by atoms with Crippen LogP contribution in [0.2, 0.25) is 0 Å². The number of carbonyl (C=O) groups is 2. The molecular weight excluding hydrogens is 422 g/mol. The summed E-state index contributed by atoms with van der Waals surface area (Å²) in [6.45, 7) is 6.20. The van der Waals surface area contributed by atoms with Gasteiger partial charge in [0.1, 0.15) is 5.75 Å². The zero-order valence-electron chi connectivity index (χ0n) is 18.4. The predicted octanol–water partition coefficient (Wildman–Crippen LogP) is 3.78. The topological polar surface area (TPSA) is 79.5 Å². The van der Waals surface area contributed by atoms with E-state index in [0.717, 1.165) is 16.3 Å². The Morgan fingerprint density at radius 1 is 0.875 bits per heavy atom. The maximum absolute atomic E-state index is 12.3. The standard InChI is InChI=1S/C25H27N3O3S/c1-25(2,3)19-11-13-20(14-12-19)31-16-23(30)26-24(32)28-27-22(29)15-18-9-6-8-17-7-4-5-10-21(17)18/h4-14H,15-16H2,1-3H3,(H,27,29)(H2,26,28,30,32). The summed E-state index contributed by atoms with van der Waals surface area (Å²) in [5, 5.41) is 4.56.